The Labute approximate surface area is 253 Å². The fourth-order valence-electron chi connectivity index (χ4n) is 4.27. The molecule has 3 aromatic rings. The average molecular weight is 619 g/mol. The number of hydrogen-bond donors (Lipinski definition) is 1. The van der Waals surface area contributed by atoms with Gasteiger partial charge in [-0.1, -0.05) is 79.0 Å². The smallest absolute Gasteiger partial charge is 0.264 e. The lowest BCUT2D eigenvalue weighted by Crippen LogP contribution is -2.53. The summed E-state index contributed by atoms with van der Waals surface area (Å²) in [5, 5.41) is 3.77. The normalized spacial score (nSPS) is 12.9. The lowest BCUT2D eigenvalue weighted by Gasteiger charge is -2.34. The molecule has 0 heterocycles. The standard InChI is InChI=1S/C31H37Cl2N3O4S/c1-6-23(5)34-31(38)29(7-2)35(19-24-10-8-9-11-27(24)32)30(37)20-36(25-15-14-22(4)28(33)18-25)41(39,40)26-16-12-21(3)13-17-26/h8-18,23,29H,6-7,19-20H2,1-5H3,(H,34,38)/t23-,29+/m1/s1. The van der Waals surface area contributed by atoms with E-state index in [1.807, 2.05) is 34.6 Å². The second kappa shape index (κ2) is 14.2. The van der Waals surface area contributed by atoms with Crippen molar-refractivity contribution >= 4 is 50.7 Å². The number of hydrogen-bond acceptors (Lipinski definition) is 4. The van der Waals surface area contributed by atoms with Crippen LogP contribution in [0.5, 0.6) is 0 Å². The van der Waals surface area contributed by atoms with Crippen molar-refractivity contribution in [3.05, 3.63) is 93.5 Å². The molecule has 0 spiro atoms. The number of amides is 2. The van der Waals surface area contributed by atoms with Gasteiger partial charge in [0.05, 0.1) is 10.6 Å². The van der Waals surface area contributed by atoms with Crippen LogP contribution in [0.15, 0.2) is 71.6 Å². The van der Waals surface area contributed by atoms with Gasteiger partial charge in [0.2, 0.25) is 11.8 Å². The van der Waals surface area contributed by atoms with Gasteiger partial charge in [0.25, 0.3) is 10.0 Å². The first-order valence-corrected chi connectivity index (χ1v) is 15.8. The molecule has 0 saturated carbocycles. The van der Waals surface area contributed by atoms with Gasteiger partial charge in [-0.25, -0.2) is 8.42 Å². The lowest BCUT2D eigenvalue weighted by molar-refractivity contribution is -0.140. The summed E-state index contributed by atoms with van der Waals surface area (Å²) >= 11 is 12.8. The van der Waals surface area contributed by atoms with Gasteiger partial charge in [0, 0.05) is 22.6 Å². The van der Waals surface area contributed by atoms with E-state index < -0.39 is 28.5 Å². The van der Waals surface area contributed by atoms with E-state index >= 15 is 0 Å². The van der Waals surface area contributed by atoms with Gasteiger partial charge < -0.3 is 10.2 Å². The number of halogens is 2. The predicted molar refractivity (Wildman–Crippen MR) is 166 cm³/mol. The molecule has 0 aliphatic carbocycles. The summed E-state index contributed by atoms with van der Waals surface area (Å²) in [6, 6.07) is 17.4. The van der Waals surface area contributed by atoms with E-state index in [4.69, 9.17) is 23.2 Å². The molecular weight excluding hydrogens is 581 g/mol. The van der Waals surface area contributed by atoms with Gasteiger partial charge in [-0.15, -0.1) is 0 Å². The maximum atomic E-state index is 14.2. The van der Waals surface area contributed by atoms with E-state index in [1.165, 1.54) is 23.1 Å². The summed E-state index contributed by atoms with van der Waals surface area (Å²) in [5.74, 6) is -0.864. The number of nitrogens with zero attached hydrogens (tertiary/aromatic N) is 2. The fourth-order valence-corrected chi connectivity index (χ4v) is 6.05. The molecule has 0 bridgehead atoms. The Hall–Kier alpha value is -3.07. The molecule has 7 nitrogen and oxygen atoms in total. The summed E-state index contributed by atoms with van der Waals surface area (Å²) in [5.41, 5.74) is 2.55. The first-order valence-electron chi connectivity index (χ1n) is 13.6. The van der Waals surface area contributed by atoms with Crippen LogP contribution >= 0.6 is 23.2 Å². The predicted octanol–water partition coefficient (Wildman–Crippen LogP) is 6.53. The third-order valence-electron chi connectivity index (χ3n) is 7.02. The molecule has 220 valence electrons. The van der Waals surface area contributed by atoms with Crippen LogP contribution in [0.25, 0.3) is 0 Å². The summed E-state index contributed by atoms with van der Waals surface area (Å²) in [6.07, 6.45) is 1.04. The first-order chi connectivity index (χ1) is 19.4. The first kappa shape index (κ1) is 32.4. The summed E-state index contributed by atoms with van der Waals surface area (Å²) in [4.78, 5) is 29.0. The van der Waals surface area contributed by atoms with Crippen molar-refractivity contribution in [3.8, 4) is 0 Å². The molecule has 0 unspecified atom stereocenters. The van der Waals surface area contributed by atoms with Gasteiger partial charge in [0.1, 0.15) is 12.6 Å². The summed E-state index contributed by atoms with van der Waals surface area (Å²) < 4.78 is 29.0. The zero-order valence-corrected chi connectivity index (χ0v) is 26.4. The maximum absolute atomic E-state index is 14.2. The highest BCUT2D eigenvalue weighted by atomic mass is 35.5. The lowest BCUT2D eigenvalue weighted by atomic mass is 10.1. The van der Waals surface area contributed by atoms with Crippen molar-refractivity contribution in [2.75, 3.05) is 10.8 Å². The van der Waals surface area contributed by atoms with Crippen molar-refractivity contribution in [1.82, 2.24) is 10.2 Å². The van der Waals surface area contributed by atoms with E-state index in [2.05, 4.69) is 5.32 Å². The number of aryl methyl sites for hydroxylation is 2. The number of carbonyl (C=O) groups excluding carboxylic acids is 2. The van der Waals surface area contributed by atoms with E-state index in [0.29, 0.717) is 22.0 Å². The largest absolute Gasteiger partial charge is 0.352 e. The molecule has 0 fully saturated rings. The van der Waals surface area contributed by atoms with Crippen LogP contribution < -0.4 is 9.62 Å². The van der Waals surface area contributed by atoms with Crippen LogP contribution in [-0.2, 0) is 26.2 Å². The Bertz CT molecular complexity index is 1480. The van der Waals surface area contributed by atoms with E-state index in [0.717, 1.165) is 21.9 Å². The molecule has 10 heteroatoms. The zero-order valence-electron chi connectivity index (χ0n) is 24.0. The molecule has 2 amide bonds. The summed E-state index contributed by atoms with van der Waals surface area (Å²) in [6.45, 7) is 8.81. The van der Waals surface area contributed by atoms with Gasteiger partial charge in [-0.3, -0.25) is 13.9 Å². The van der Waals surface area contributed by atoms with Crippen LogP contribution in [0.3, 0.4) is 0 Å². The third-order valence-corrected chi connectivity index (χ3v) is 9.58. The molecule has 41 heavy (non-hydrogen) atoms. The van der Waals surface area contributed by atoms with Crippen LogP contribution in [0.4, 0.5) is 5.69 Å². The number of anilines is 1. The van der Waals surface area contributed by atoms with Crippen LogP contribution in [0, 0.1) is 13.8 Å². The minimum atomic E-state index is -4.19. The highest BCUT2D eigenvalue weighted by molar-refractivity contribution is 7.92. The van der Waals surface area contributed by atoms with Gasteiger partial charge in [-0.05, 0) is 75.1 Å². The second-order valence-electron chi connectivity index (χ2n) is 10.1. The van der Waals surface area contributed by atoms with E-state index in [-0.39, 0.29) is 29.1 Å². The minimum Gasteiger partial charge on any atom is -0.352 e. The molecule has 1 N–H and O–H groups in total. The van der Waals surface area contributed by atoms with Crippen molar-refractivity contribution in [1.29, 1.82) is 0 Å². The highest BCUT2D eigenvalue weighted by Gasteiger charge is 2.34. The molecule has 2 atom stereocenters. The Morgan fingerprint density at radius 2 is 1.56 bits per heavy atom. The van der Waals surface area contributed by atoms with Crippen LogP contribution in [0.1, 0.15) is 50.3 Å². The molecule has 0 radical (unpaired) electrons. The molecule has 0 aliphatic rings. The molecule has 0 aromatic heterocycles. The number of rotatable bonds is 12. The topological polar surface area (TPSA) is 86.8 Å². The van der Waals surface area contributed by atoms with Crippen molar-refractivity contribution in [2.24, 2.45) is 0 Å². The van der Waals surface area contributed by atoms with Gasteiger partial charge in [0.15, 0.2) is 0 Å². The van der Waals surface area contributed by atoms with Gasteiger partial charge in [-0.2, -0.15) is 0 Å². The summed E-state index contributed by atoms with van der Waals surface area (Å²) in [7, 11) is -4.19. The van der Waals surface area contributed by atoms with E-state index in [1.54, 1.807) is 48.5 Å². The average Bonchev–Trinajstić information content (AvgIpc) is 2.94. The van der Waals surface area contributed by atoms with Crippen molar-refractivity contribution in [2.45, 2.75) is 71.0 Å². The van der Waals surface area contributed by atoms with E-state index in [9.17, 15) is 18.0 Å². The maximum Gasteiger partial charge on any atom is 0.264 e. The molecular formula is C31H37Cl2N3O4S. The van der Waals surface area contributed by atoms with Crippen LogP contribution in [0.2, 0.25) is 10.0 Å². The number of nitrogens with one attached hydrogen (secondary N) is 1. The van der Waals surface area contributed by atoms with Crippen molar-refractivity contribution in [3.63, 3.8) is 0 Å². The molecule has 3 rings (SSSR count). The Balaban J connectivity index is 2.10. The quantitative estimate of drug-likeness (QED) is 0.250. The monoisotopic (exact) mass is 617 g/mol. The van der Waals surface area contributed by atoms with Gasteiger partial charge >= 0.3 is 0 Å². The Morgan fingerprint density at radius 1 is 0.902 bits per heavy atom. The Kier molecular flexibility index (Phi) is 11.2. The number of sulfonamides is 1. The van der Waals surface area contributed by atoms with Crippen LogP contribution in [-0.4, -0.2) is 43.8 Å². The zero-order chi connectivity index (χ0) is 30.3. The highest BCUT2D eigenvalue weighted by Crippen LogP contribution is 2.29. The number of benzene rings is 3. The minimum absolute atomic E-state index is 0.0258. The SMILES string of the molecule is CC[C@@H](C)NC(=O)[C@H](CC)N(Cc1ccccc1Cl)C(=O)CN(c1ccc(C)c(Cl)c1)S(=O)(=O)c1ccc(C)cc1. The van der Waals surface area contributed by atoms with Crippen molar-refractivity contribution < 1.29 is 18.0 Å². The molecule has 3 aromatic carbocycles. The molecule has 0 aliphatic heterocycles. The fraction of sp³-hybridized carbons (Fsp3) is 0.355. The number of carbonyl (C=O) groups is 2. The Morgan fingerprint density at radius 3 is 2.15 bits per heavy atom. The molecule has 0 saturated heterocycles. The third kappa shape index (κ3) is 8.03. The second-order valence-corrected chi connectivity index (χ2v) is 12.8.